The largest absolute Gasteiger partial charge is 0.481 e. The van der Waals surface area contributed by atoms with Gasteiger partial charge in [0.1, 0.15) is 0 Å². The molecule has 0 aromatic rings. The second kappa shape index (κ2) is 3.18. The lowest BCUT2D eigenvalue weighted by atomic mass is 10.1. The van der Waals surface area contributed by atoms with Gasteiger partial charge in [-0.05, 0) is 17.8 Å². The van der Waals surface area contributed by atoms with Gasteiger partial charge in [0.15, 0.2) is 3.79 Å². The normalized spacial score (nSPS) is 31.5. The number of hydrogen-bond donors (Lipinski definition) is 1. The van der Waals surface area contributed by atoms with Crippen LogP contribution in [0.25, 0.3) is 0 Å². The summed E-state index contributed by atoms with van der Waals surface area (Å²) in [5.74, 6) is -1.20. The number of rotatable bonds is 2. The summed E-state index contributed by atoms with van der Waals surface area (Å²) in [6, 6.07) is 0. The summed E-state index contributed by atoms with van der Waals surface area (Å²) in [5.41, 5.74) is -0.240. The van der Waals surface area contributed by atoms with Crippen molar-refractivity contribution in [1.82, 2.24) is 0 Å². The van der Waals surface area contributed by atoms with Crippen LogP contribution in [0, 0.1) is 17.3 Å². The van der Waals surface area contributed by atoms with Gasteiger partial charge in [0, 0.05) is 0 Å². The molecule has 1 aliphatic carbocycles. The van der Waals surface area contributed by atoms with Crippen molar-refractivity contribution in [3.8, 4) is 0 Å². The minimum Gasteiger partial charge on any atom is -0.481 e. The Labute approximate surface area is 92.2 Å². The Morgan fingerprint density at radius 2 is 1.92 bits per heavy atom. The third-order valence-electron chi connectivity index (χ3n) is 2.77. The van der Waals surface area contributed by atoms with Gasteiger partial charge in [-0.25, -0.2) is 0 Å². The molecular weight excluding hydrogens is 234 g/mol. The fourth-order valence-corrected chi connectivity index (χ4v) is 2.36. The molecule has 1 rings (SSSR count). The van der Waals surface area contributed by atoms with Crippen molar-refractivity contribution < 1.29 is 9.90 Å². The van der Waals surface area contributed by atoms with Crippen molar-refractivity contribution in [3.63, 3.8) is 0 Å². The van der Waals surface area contributed by atoms with E-state index in [-0.39, 0.29) is 17.3 Å². The van der Waals surface area contributed by atoms with Crippen molar-refractivity contribution in [2.24, 2.45) is 17.3 Å². The summed E-state index contributed by atoms with van der Waals surface area (Å²) in [4.78, 5) is 10.7. The lowest BCUT2D eigenvalue weighted by Crippen LogP contribution is -2.07. The molecular formula is C8H11Cl3O2. The van der Waals surface area contributed by atoms with Gasteiger partial charge in [0.25, 0.3) is 0 Å². The van der Waals surface area contributed by atoms with Gasteiger partial charge in [-0.3, -0.25) is 4.79 Å². The second-order valence-corrected chi connectivity index (χ2v) is 6.58. The number of carbonyl (C=O) groups is 1. The molecule has 0 aliphatic heterocycles. The van der Waals surface area contributed by atoms with E-state index in [1.807, 2.05) is 13.8 Å². The summed E-state index contributed by atoms with van der Waals surface area (Å²) >= 11 is 16.8. The summed E-state index contributed by atoms with van der Waals surface area (Å²) in [6.07, 6.45) is 0.307. The average Bonchev–Trinajstić information content (AvgIpc) is 2.28. The molecule has 0 unspecified atom stereocenters. The predicted octanol–water partition coefficient (Wildman–Crippen LogP) is 3.10. The molecule has 2 atom stereocenters. The maximum absolute atomic E-state index is 10.7. The highest BCUT2D eigenvalue weighted by atomic mass is 35.6. The number of halogens is 3. The Bertz CT molecular complexity index is 232. The molecule has 2 nitrogen and oxygen atoms in total. The van der Waals surface area contributed by atoms with E-state index < -0.39 is 9.76 Å². The molecule has 5 heteroatoms. The van der Waals surface area contributed by atoms with E-state index in [0.29, 0.717) is 6.42 Å². The highest BCUT2D eigenvalue weighted by Gasteiger charge is 2.63. The zero-order valence-electron chi connectivity index (χ0n) is 7.35. The fourth-order valence-electron chi connectivity index (χ4n) is 1.86. The van der Waals surface area contributed by atoms with Crippen LogP contribution in [0.1, 0.15) is 20.3 Å². The third kappa shape index (κ3) is 2.42. The average molecular weight is 246 g/mol. The van der Waals surface area contributed by atoms with E-state index in [4.69, 9.17) is 39.9 Å². The highest BCUT2D eigenvalue weighted by molar-refractivity contribution is 6.67. The number of carboxylic acids is 1. The molecule has 0 saturated heterocycles. The van der Waals surface area contributed by atoms with Gasteiger partial charge < -0.3 is 5.11 Å². The lowest BCUT2D eigenvalue weighted by Gasteiger charge is -2.10. The number of carboxylic acid groups (broad SMARTS) is 1. The molecule has 1 fully saturated rings. The maximum Gasteiger partial charge on any atom is 0.307 e. The van der Waals surface area contributed by atoms with Crippen LogP contribution in [0.15, 0.2) is 0 Å². The third-order valence-corrected chi connectivity index (χ3v) is 3.23. The van der Waals surface area contributed by atoms with Crippen LogP contribution in [0.2, 0.25) is 0 Å². The zero-order chi connectivity index (χ0) is 10.4. The minimum absolute atomic E-state index is 0.0301. The van der Waals surface area contributed by atoms with E-state index in [9.17, 15) is 4.79 Å². The first-order chi connectivity index (χ1) is 5.66. The molecule has 13 heavy (non-hydrogen) atoms. The Morgan fingerprint density at radius 3 is 2.15 bits per heavy atom. The second-order valence-electron chi connectivity index (χ2n) is 4.06. The lowest BCUT2D eigenvalue weighted by molar-refractivity contribution is -0.139. The monoisotopic (exact) mass is 244 g/mol. The predicted molar refractivity (Wildman–Crippen MR) is 53.3 cm³/mol. The van der Waals surface area contributed by atoms with Gasteiger partial charge in [-0.15, -0.1) is 0 Å². The molecule has 0 radical (unpaired) electrons. The minimum atomic E-state index is -1.34. The van der Waals surface area contributed by atoms with Crippen LogP contribution in [0.3, 0.4) is 0 Å². The first kappa shape index (κ1) is 11.4. The van der Waals surface area contributed by atoms with Crippen molar-refractivity contribution in [2.45, 2.75) is 24.1 Å². The summed E-state index contributed by atoms with van der Waals surface area (Å²) in [6.45, 7) is 3.76. The number of alkyl halides is 3. The topological polar surface area (TPSA) is 37.3 Å². The highest BCUT2D eigenvalue weighted by Crippen LogP contribution is 2.62. The van der Waals surface area contributed by atoms with Crippen LogP contribution in [-0.2, 0) is 4.79 Å². The Balaban J connectivity index is 2.61. The van der Waals surface area contributed by atoms with Gasteiger partial charge >= 0.3 is 5.97 Å². The fraction of sp³-hybridized carbons (Fsp3) is 0.875. The van der Waals surface area contributed by atoms with Crippen molar-refractivity contribution in [2.75, 3.05) is 0 Å². The number of aliphatic carboxylic acids is 1. The molecule has 0 bridgehead atoms. The molecule has 1 N–H and O–H groups in total. The van der Waals surface area contributed by atoms with Crippen LogP contribution >= 0.6 is 34.8 Å². The standard InChI is InChI=1S/C8H11Cl3O2/c1-7(2)4(3-8(9,10)11)5(7)6(12)13/h4-5H,3H2,1-2H3,(H,12,13)/t4-,5+/m1/s1. The van der Waals surface area contributed by atoms with Crippen LogP contribution in [0.5, 0.6) is 0 Å². The van der Waals surface area contributed by atoms with Gasteiger partial charge in [0.2, 0.25) is 0 Å². The molecule has 0 aromatic carbocycles. The first-order valence-corrected chi connectivity index (χ1v) is 5.09. The van der Waals surface area contributed by atoms with Gasteiger partial charge in [-0.1, -0.05) is 48.7 Å². The van der Waals surface area contributed by atoms with E-state index in [2.05, 4.69) is 0 Å². The molecule has 0 aromatic heterocycles. The number of hydrogen-bond acceptors (Lipinski definition) is 1. The Morgan fingerprint density at radius 1 is 1.46 bits per heavy atom. The molecule has 76 valence electrons. The maximum atomic E-state index is 10.7. The van der Waals surface area contributed by atoms with Crippen LogP contribution in [-0.4, -0.2) is 14.9 Å². The summed E-state index contributed by atoms with van der Waals surface area (Å²) in [7, 11) is 0. The van der Waals surface area contributed by atoms with Crippen LogP contribution < -0.4 is 0 Å². The Hall–Kier alpha value is 0.340. The molecule has 0 amide bonds. The van der Waals surface area contributed by atoms with E-state index >= 15 is 0 Å². The zero-order valence-corrected chi connectivity index (χ0v) is 9.62. The van der Waals surface area contributed by atoms with Crippen molar-refractivity contribution in [3.05, 3.63) is 0 Å². The van der Waals surface area contributed by atoms with E-state index in [1.54, 1.807) is 0 Å². The summed E-state index contributed by atoms with van der Waals surface area (Å²) < 4.78 is -1.34. The smallest absolute Gasteiger partial charge is 0.307 e. The molecule has 0 spiro atoms. The van der Waals surface area contributed by atoms with Crippen molar-refractivity contribution >= 4 is 40.8 Å². The van der Waals surface area contributed by atoms with E-state index in [0.717, 1.165) is 0 Å². The quantitative estimate of drug-likeness (QED) is 0.759. The van der Waals surface area contributed by atoms with E-state index in [1.165, 1.54) is 0 Å². The van der Waals surface area contributed by atoms with Gasteiger partial charge in [0.05, 0.1) is 5.92 Å². The first-order valence-electron chi connectivity index (χ1n) is 3.96. The molecule has 1 aliphatic rings. The van der Waals surface area contributed by atoms with Gasteiger partial charge in [-0.2, -0.15) is 0 Å². The summed E-state index contributed by atoms with van der Waals surface area (Å²) in [5, 5.41) is 8.83. The molecule has 1 saturated carbocycles. The Kier molecular flexibility index (Phi) is 2.79. The van der Waals surface area contributed by atoms with Crippen molar-refractivity contribution in [1.29, 1.82) is 0 Å². The van der Waals surface area contributed by atoms with Crippen LogP contribution in [0.4, 0.5) is 0 Å². The molecule has 0 heterocycles. The SMILES string of the molecule is CC1(C)[C@H](CC(Cl)(Cl)Cl)[C@H]1C(=O)O.